The Morgan fingerprint density at radius 2 is 1.73 bits per heavy atom. The fourth-order valence-corrected chi connectivity index (χ4v) is 6.09. The van der Waals surface area contributed by atoms with Crippen LogP contribution < -0.4 is 4.90 Å². The van der Waals surface area contributed by atoms with Gasteiger partial charge in [0.2, 0.25) is 11.8 Å². The maximum absolute atomic E-state index is 13.5. The van der Waals surface area contributed by atoms with Crippen molar-refractivity contribution in [1.82, 2.24) is 0 Å². The summed E-state index contributed by atoms with van der Waals surface area (Å²) in [5, 5.41) is 31.7. The lowest BCUT2D eigenvalue weighted by Crippen LogP contribution is -2.38. The van der Waals surface area contributed by atoms with Gasteiger partial charge < -0.3 is 15.3 Å². The average Bonchev–Trinajstić information content (AvgIpc) is 3.13. The Balaban J connectivity index is 1.54. The number of imide groups is 1. The lowest BCUT2D eigenvalue weighted by atomic mass is 9.68. The lowest BCUT2D eigenvalue weighted by Gasteiger charge is -2.35. The summed E-state index contributed by atoms with van der Waals surface area (Å²) in [6.07, 6.45) is 3.62. The summed E-state index contributed by atoms with van der Waals surface area (Å²) in [4.78, 5) is 27.9. The maximum Gasteiger partial charge on any atom is 0.238 e. The molecule has 3 N–H and O–H groups in total. The number of phenols is 1. The zero-order valence-electron chi connectivity index (χ0n) is 22.1. The van der Waals surface area contributed by atoms with Crippen molar-refractivity contribution in [3.05, 3.63) is 75.9 Å². The number of hydrogen-bond acceptors (Lipinski definition) is 5. The first kappa shape index (κ1) is 26.8. The second-order valence-electron chi connectivity index (χ2n) is 10.4. The molecule has 0 radical (unpaired) electrons. The number of aromatic hydroxyl groups is 1. The molecule has 0 aromatic heterocycles. The maximum atomic E-state index is 13.5. The van der Waals surface area contributed by atoms with Gasteiger partial charge in [-0.25, -0.2) is 0 Å². The van der Waals surface area contributed by atoms with E-state index in [0.29, 0.717) is 36.3 Å². The van der Waals surface area contributed by atoms with E-state index < -0.39 is 23.9 Å². The van der Waals surface area contributed by atoms with Gasteiger partial charge in [0.05, 0.1) is 30.2 Å². The first-order valence-corrected chi connectivity index (χ1v) is 13.1. The first-order valence-electron chi connectivity index (χ1n) is 13.1. The number of anilines is 1. The number of allylic oxidation sites excluding steroid dienone is 2. The predicted molar refractivity (Wildman–Crippen MR) is 145 cm³/mol. The second kappa shape index (κ2) is 11.0. The summed E-state index contributed by atoms with van der Waals surface area (Å²) < 4.78 is 0. The molecule has 4 rings (SSSR count). The number of hydrogen-bond donors (Lipinski definition) is 3. The minimum absolute atomic E-state index is 0.233. The summed E-state index contributed by atoms with van der Waals surface area (Å²) in [6, 6.07) is 12.8. The van der Waals surface area contributed by atoms with Crippen LogP contribution in [-0.2, 0) is 9.59 Å². The van der Waals surface area contributed by atoms with Gasteiger partial charge in [-0.1, -0.05) is 42.3 Å². The molecule has 0 unspecified atom stereocenters. The third kappa shape index (κ3) is 5.13. The zero-order valence-corrected chi connectivity index (χ0v) is 22.1. The third-order valence-electron chi connectivity index (χ3n) is 7.98. The molecule has 2 amide bonds. The monoisotopic (exact) mass is 503 g/mol. The van der Waals surface area contributed by atoms with Crippen LogP contribution in [0.4, 0.5) is 5.69 Å². The molecule has 1 aliphatic carbocycles. The number of benzene rings is 2. The van der Waals surface area contributed by atoms with Crippen molar-refractivity contribution in [3.8, 4) is 5.75 Å². The Kier molecular flexibility index (Phi) is 8.00. The zero-order chi connectivity index (χ0) is 26.9. The van der Waals surface area contributed by atoms with Gasteiger partial charge in [-0.05, 0) is 93.0 Å². The molecule has 6 nitrogen and oxygen atoms in total. The Morgan fingerprint density at radius 3 is 2.32 bits per heavy atom. The number of rotatable bonds is 8. The highest BCUT2D eigenvalue weighted by Gasteiger charge is 2.54. The molecule has 1 saturated heterocycles. The molecule has 1 fully saturated rings. The quantitative estimate of drug-likeness (QED) is 0.345. The van der Waals surface area contributed by atoms with Gasteiger partial charge >= 0.3 is 0 Å². The van der Waals surface area contributed by atoms with Crippen molar-refractivity contribution in [3.63, 3.8) is 0 Å². The SMILES string of the molecule is CC/C(=C\c1cc(C)c(O)c(C)c1)CC[C@@H](O)C1=C(C)C[C@H]2C(=O)N(c3ccccc3)C(=O)[C@H]2[C@H]1CO. The molecule has 0 bridgehead atoms. The molecule has 2 aromatic carbocycles. The van der Waals surface area contributed by atoms with Gasteiger partial charge in [-0.2, -0.15) is 0 Å². The predicted octanol–water partition coefficient (Wildman–Crippen LogP) is 5.08. The van der Waals surface area contributed by atoms with E-state index in [1.54, 1.807) is 24.3 Å². The van der Waals surface area contributed by atoms with Crippen LogP contribution in [0.1, 0.15) is 56.2 Å². The van der Waals surface area contributed by atoms with E-state index in [1.165, 1.54) is 10.5 Å². The number of nitrogens with zero attached hydrogens (tertiary/aromatic N) is 1. The van der Waals surface area contributed by atoms with Crippen LogP contribution in [0.2, 0.25) is 0 Å². The summed E-state index contributed by atoms with van der Waals surface area (Å²) in [5.41, 5.74) is 5.96. The molecule has 2 aliphatic rings. The Bertz CT molecular complexity index is 1220. The highest BCUT2D eigenvalue weighted by atomic mass is 16.3. The van der Waals surface area contributed by atoms with Crippen molar-refractivity contribution in [1.29, 1.82) is 0 Å². The average molecular weight is 504 g/mol. The van der Waals surface area contributed by atoms with E-state index >= 15 is 0 Å². The van der Waals surface area contributed by atoms with Gasteiger partial charge in [-0.15, -0.1) is 0 Å². The Morgan fingerprint density at radius 1 is 1.08 bits per heavy atom. The van der Waals surface area contributed by atoms with Gasteiger partial charge in [0.25, 0.3) is 0 Å². The normalized spacial score (nSPS) is 23.0. The topological polar surface area (TPSA) is 98.1 Å². The smallest absolute Gasteiger partial charge is 0.238 e. The van der Waals surface area contributed by atoms with Crippen molar-refractivity contribution in [2.45, 2.75) is 59.5 Å². The van der Waals surface area contributed by atoms with Crippen molar-refractivity contribution >= 4 is 23.6 Å². The van der Waals surface area contributed by atoms with Crippen LogP contribution in [-0.4, -0.2) is 39.8 Å². The Hall–Kier alpha value is -3.22. The number of aliphatic hydroxyl groups excluding tert-OH is 2. The lowest BCUT2D eigenvalue weighted by molar-refractivity contribution is -0.123. The molecule has 0 saturated carbocycles. The van der Waals surface area contributed by atoms with Crippen molar-refractivity contribution in [2.75, 3.05) is 11.5 Å². The standard InChI is InChI=1S/C31H37NO5/c1-5-21(16-22-13-19(3)29(35)20(4)14-22)11-12-26(34)27-18(2)15-24-28(25(27)17-33)31(37)32(30(24)36)23-9-7-6-8-10-23/h6-10,13-14,16,24-26,28,33-35H,5,11-12,15,17H2,1-4H3/b21-16+/t24-,25+,26-,28-/m1/s1. The van der Waals surface area contributed by atoms with E-state index in [-0.39, 0.29) is 18.4 Å². The largest absolute Gasteiger partial charge is 0.507 e. The second-order valence-corrected chi connectivity index (χ2v) is 10.4. The first-order chi connectivity index (χ1) is 17.7. The van der Waals surface area contributed by atoms with E-state index in [4.69, 9.17) is 0 Å². The van der Waals surface area contributed by atoms with Gasteiger partial charge in [0.15, 0.2) is 0 Å². The number of phenolic OH excluding ortho intramolecular Hbond substituents is 1. The van der Waals surface area contributed by atoms with E-state index in [9.17, 15) is 24.9 Å². The van der Waals surface area contributed by atoms with E-state index in [1.807, 2.05) is 39.0 Å². The van der Waals surface area contributed by atoms with Crippen molar-refractivity contribution in [2.24, 2.45) is 17.8 Å². The van der Waals surface area contributed by atoms with Crippen molar-refractivity contribution < 1.29 is 24.9 Å². The summed E-state index contributed by atoms with van der Waals surface area (Å²) in [5.74, 6) is -2.00. The number of carbonyl (C=O) groups is 2. The number of carbonyl (C=O) groups excluding carboxylic acids is 2. The molecule has 37 heavy (non-hydrogen) atoms. The number of aryl methyl sites for hydroxylation is 2. The number of amides is 2. The molecule has 4 atom stereocenters. The minimum atomic E-state index is -0.815. The van der Waals surface area contributed by atoms with Crippen LogP contribution in [0.5, 0.6) is 5.75 Å². The molecule has 2 aromatic rings. The summed E-state index contributed by atoms with van der Waals surface area (Å²) >= 11 is 0. The summed E-state index contributed by atoms with van der Waals surface area (Å²) in [6.45, 7) is 7.44. The number of fused-ring (bicyclic) bond motifs is 1. The van der Waals surface area contributed by atoms with Gasteiger partial charge in [0.1, 0.15) is 5.75 Å². The highest BCUT2D eigenvalue weighted by Crippen LogP contribution is 2.47. The summed E-state index contributed by atoms with van der Waals surface area (Å²) in [7, 11) is 0. The van der Waals surface area contributed by atoms with E-state index in [2.05, 4.69) is 13.0 Å². The van der Waals surface area contributed by atoms with Crippen LogP contribution in [0, 0.1) is 31.6 Å². The van der Waals surface area contributed by atoms with Gasteiger partial charge in [0, 0.05) is 5.92 Å². The van der Waals surface area contributed by atoms with E-state index in [0.717, 1.165) is 28.7 Å². The van der Waals surface area contributed by atoms with Crippen LogP contribution in [0.15, 0.2) is 59.2 Å². The van der Waals surface area contributed by atoms with Crippen LogP contribution in [0.25, 0.3) is 6.08 Å². The number of aliphatic hydroxyl groups is 2. The number of para-hydroxylation sites is 1. The van der Waals surface area contributed by atoms with Crippen LogP contribution in [0.3, 0.4) is 0 Å². The fourth-order valence-electron chi connectivity index (χ4n) is 6.09. The molecule has 1 heterocycles. The highest BCUT2D eigenvalue weighted by molar-refractivity contribution is 6.22. The minimum Gasteiger partial charge on any atom is -0.507 e. The molecular weight excluding hydrogens is 466 g/mol. The Labute approximate surface area is 218 Å². The molecule has 6 heteroatoms. The third-order valence-corrected chi connectivity index (χ3v) is 7.98. The van der Waals surface area contributed by atoms with Gasteiger partial charge in [-0.3, -0.25) is 14.5 Å². The molecular formula is C31H37NO5. The molecule has 196 valence electrons. The molecule has 1 aliphatic heterocycles. The fraction of sp³-hybridized carbons (Fsp3) is 0.419. The van der Waals surface area contributed by atoms with Crippen LogP contribution >= 0.6 is 0 Å². The molecule has 0 spiro atoms.